The van der Waals surface area contributed by atoms with Crippen molar-refractivity contribution in [1.82, 2.24) is 10.6 Å². The molecular formula is C30H58N4O. The normalized spacial score (nSPS) is 25.7. The molecule has 0 bridgehead atoms. The SMILES string of the molecule is CC(CC(C)(C)OCC(C)C(C)(C)N=C1CC(C)(C)NC(C)(C)C1)N=C1CC(C)(C)NC(C)(C)C1. The number of hydrogen-bond acceptors (Lipinski definition) is 5. The highest BCUT2D eigenvalue weighted by Crippen LogP contribution is 2.32. The van der Waals surface area contributed by atoms with Crippen LogP contribution in [0.1, 0.15) is 129 Å². The molecule has 0 aromatic rings. The van der Waals surface area contributed by atoms with Gasteiger partial charge in [0.1, 0.15) is 0 Å². The van der Waals surface area contributed by atoms with Crippen LogP contribution in [0.25, 0.3) is 0 Å². The lowest BCUT2D eigenvalue weighted by Crippen LogP contribution is -2.58. The summed E-state index contributed by atoms with van der Waals surface area (Å²) in [4.78, 5) is 10.5. The molecule has 0 spiro atoms. The summed E-state index contributed by atoms with van der Waals surface area (Å²) < 4.78 is 6.53. The molecular weight excluding hydrogens is 432 g/mol. The van der Waals surface area contributed by atoms with Crippen molar-refractivity contribution in [3.63, 3.8) is 0 Å². The van der Waals surface area contributed by atoms with Gasteiger partial charge in [0.25, 0.3) is 0 Å². The third-order valence-corrected chi connectivity index (χ3v) is 7.50. The van der Waals surface area contributed by atoms with Crippen molar-refractivity contribution in [2.24, 2.45) is 15.9 Å². The summed E-state index contributed by atoms with van der Waals surface area (Å²) in [5.74, 6) is 0.322. The maximum atomic E-state index is 6.53. The van der Waals surface area contributed by atoms with Gasteiger partial charge in [0.15, 0.2) is 0 Å². The van der Waals surface area contributed by atoms with Crippen LogP contribution in [0.3, 0.4) is 0 Å². The molecule has 0 amide bonds. The van der Waals surface area contributed by atoms with Gasteiger partial charge < -0.3 is 15.4 Å². The predicted molar refractivity (Wildman–Crippen MR) is 153 cm³/mol. The van der Waals surface area contributed by atoms with Crippen LogP contribution in [0.5, 0.6) is 0 Å². The number of piperidine rings is 2. The average Bonchev–Trinajstić information content (AvgIpc) is 2.52. The number of aliphatic imine (C=N–C) groups is 2. The lowest BCUT2D eigenvalue weighted by atomic mass is 9.80. The largest absolute Gasteiger partial charge is 0.375 e. The lowest BCUT2D eigenvalue weighted by Gasteiger charge is -2.44. The molecule has 0 radical (unpaired) electrons. The van der Waals surface area contributed by atoms with Crippen molar-refractivity contribution in [2.45, 2.75) is 168 Å². The molecule has 0 aromatic carbocycles. The summed E-state index contributed by atoms with van der Waals surface area (Å²) >= 11 is 0. The third kappa shape index (κ3) is 9.89. The predicted octanol–water partition coefficient (Wildman–Crippen LogP) is 6.74. The Morgan fingerprint density at radius 3 is 1.57 bits per heavy atom. The Morgan fingerprint density at radius 2 is 1.14 bits per heavy atom. The van der Waals surface area contributed by atoms with Crippen LogP contribution in [-0.4, -0.2) is 57.4 Å². The molecule has 2 aliphatic rings. The van der Waals surface area contributed by atoms with E-state index in [4.69, 9.17) is 14.7 Å². The fourth-order valence-electron chi connectivity index (χ4n) is 6.54. The van der Waals surface area contributed by atoms with Crippen LogP contribution >= 0.6 is 0 Å². The number of rotatable bonds is 8. The molecule has 0 saturated carbocycles. The Balaban J connectivity index is 1.99. The van der Waals surface area contributed by atoms with Crippen molar-refractivity contribution in [1.29, 1.82) is 0 Å². The Kier molecular flexibility index (Phi) is 8.85. The van der Waals surface area contributed by atoms with Crippen LogP contribution in [0, 0.1) is 5.92 Å². The molecule has 2 aliphatic heterocycles. The zero-order valence-corrected chi connectivity index (χ0v) is 25.7. The summed E-state index contributed by atoms with van der Waals surface area (Å²) in [6.07, 6.45) is 4.94. The molecule has 0 aromatic heterocycles. The number of nitrogens with zero attached hydrogens (tertiary/aromatic N) is 2. The van der Waals surface area contributed by atoms with Gasteiger partial charge >= 0.3 is 0 Å². The van der Waals surface area contributed by atoms with E-state index >= 15 is 0 Å². The van der Waals surface area contributed by atoms with Crippen molar-refractivity contribution in [3.05, 3.63) is 0 Å². The van der Waals surface area contributed by atoms with Crippen molar-refractivity contribution >= 4 is 11.4 Å². The van der Waals surface area contributed by atoms with Gasteiger partial charge in [0.05, 0.1) is 17.7 Å². The molecule has 2 rings (SSSR count). The molecule has 2 fully saturated rings. The summed E-state index contributed by atoms with van der Waals surface area (Å²) in [5, 5.41) is 7.51. The fourth-order valence-corrected chi connectivity index (χ4v) is 6.54. The Hall–Kier alpha value is -0.780. The van der Waals surface area contributed by atoms with E-state index in [-0.39, 0.29) is 39.3 Å². The topological polar surface area (TPSA) is 58.0 Å². The molecule has 5 heteroatoms. The minimum Gasteiger partial charge on any atom is -0.375 e. The minimum atomic E-state index is -0.225. The molecule has 2 N–H and O–H groups in total. The quantitative estimate of drug-likeness (QED) is 0.396. The van der Waals surface area contributed by atoms with Crippen LogP contribution in [0.2, 0.25) is 0 Å². The van der Waals surface area contributed by atoms with Gasteiger partial charge in [-0.25, -0.2) is 0 Å². The first kappa shape index (κ1) is 30.4. The van der Waals surface area contributed by atoms with Gasteiger partial charge in [-0.15, -0.1) is 0 Å². The van der Waals surface area contributed by atoms with Crippen molar-refractivity contribution in [2.75, 3.05) is 6.61 Å². The maximum Gasteiger partial charge on any atom is 0.0646 e. The Labute approximate surface area is 217 Å². The molecule has 0 aliphatic carbocycles. The molecule has 35 heavy (non-hydrogen) atoms. The highest BCUT2D eigenvalue weighted by molar-refractivity contribution is 5.88. The highest BCUT2D eigenvalue weighted by atomic mass is 16.5. The maximum absolute atomic E-state index is 6.53. The van der Waals surface area contributed by atoms with E-state index < -0.39 is 0 Å². The Bertz CT molecular complexity index is 765. The standard InChI is InChI=1S/C30H58N4O/c1-21(30(13,14)32-24-18-27(7,8)34-28(9,10)19-24)20-35-29(11,12)15-22(2)31-23-16-25(3,4)33-26(5,6)17-23/h21-22,33-34H,15-20H2,1-14H3. The number of ether oxygens (including phenoxy) is 1. The molecule has 204 valence electrons. The van der Waals surface area contributed by atoms with E-state index in [2.05, 4.69) is 108 Å². The van der Waals surface area contributed by atoms with E-state index in [0.29, 0.717) is 12.5 Å². The first-order valence-electron chi connectivity index (χ1n) is 13.9. The summed E-state index contributed by atoms with van der Waals surface area (Å²) in [5.41, 5.74) is 2.61. The summed E-state index contributed by atoms with van der Waals surface area (Å²) in [7, 11) is 0. The molecule has 2 heterocycles. The number of nitrogens with one attached hydrogen (secondary N) is 2. The summed E-state index contributed by atoms with van der Waals surface area (Å²) in [6.45, 7) is 32.4. The fraction of sp³-hybridized carbons (Fsp3) is 0.933. The highest BCUT2D eigenvalue weighted by Gasteiger charge is 2.38. The monoisotopic (exact) mass is 490 g/mol. The van der Waals surface area contributed by atoms with E-state index in [1.165, 1.54) is 11.4 Å². The smallest absolute Gasteiger partial charge is 0.0646 e. The molecule has 5 nitrogen and oxygen atoms in total. The van der Waals surface area contributed by atoms with E-state index in [1.54, 1.807) is 0 Å². The molecule has 2 saturated heterocycles. The van der Waals surface area contributed by atoms with Crippen LogP contribution < -0.4 is 10.6 Å². The average molecular weight is 491 g/mol. The zero-order valence-electron chi connectivity index (χ0n) is 25.7. The second-order valence-corrected chi connectivity index (χ2v) is 15.5. The first-order valence-corrected chi connectivity index (χ1v) is 13.9. The van der Waals surface area contributed by atoms with Gasteiger partial charge in [-0.1, -0.05) is 6.92 Å². The Morgan fingerprint density at radius 1 is 0.743 bits per heavy atom. The second kappa shape index (κ2) is 10.2. The number of hydrogen-bond donors (Lipinski definition) is 2. The van der Waals surface area contributed by atoms with Crippen molar-refractivity contribution in [3.8, 4) is 0 Å². The third-order valence-electron chi connectivity index (χ3n) is 7.50. The second-order valence-electron chi connectivity index (χ2n) is 15.5. The van der Waals surface area contributed by atoms with Crippen LogP contribution in [0.15, 0.2) is 9.98 Å². The van der Waals surface area contributed by atoms with Gasteiger partial charge in [-0.05, 0) is 96.4 Å². The first-order chi connectivity index (χ1) is 15.5. The minimum absolute atomic E-state index is 0.0782. The van der Waals surface area contributed by atoms with E-state index in [1.807, 2.05) is 0 Å². The van der Waals surface area contributed by atoms with E-state index in [9.17, 15) is 0 Å². The van der Waals surface area contributed by atoms with Gasteiger partial charge in [-0.2, -0.15) is 0 Å². The molecule has 2 atom stereocenters. The van der Waals surface area contributed by atoms with Crippen LogP contribution in [-0.2, 0) is 4.74 Å². The lowest BCUT2D eigenvalue weighted by molar-refractivity contribution is -0.0489. The molecule has 2 unspecified atom stereocenters. The van der Waals surface area contributed by atoms with E-state index in [0.717, 1.165) is 32.1 Å². The van der Waals surface area contributed by atoms with Crippen LogP contribution in [0.4, 0.5) is 0 Å². The summed E-state index contributed by atoms with van der Waals surface area (Å²) in [6, 6.07) is 0.243. The van der Waals surface area contributed by atoms with Gasteiger partial charge in [0, 0.05) is 71.2 Å². The van der Waals surface area contributed by atoms with Gasteiger partial charge in [0.2, 0.25) is 0 Å². The van der Waals surface area contributed by atoms with Gasteiger partial charge in [-0.3, -0.25) is 9.98 Å². The zero-order chi connectivity index (χ0) is 27.1. The van der Waals surface area contributed by atoms with Crippen molar-refractivity contribution < 1.29 is 4.74 Å².